The summed E-state index contributed by atoms with van der Waals surface area (Å²) in [4.78, 5) is 51.4. The molecule has 18 heteroatoms. The van der Waals surface area contributed by atoms with Gasteiger partial charge in [-0.15, -0.1) is 40.0 Å². The van der Waals surface area contributed by atoms with Crippen LogP contribution >= 0.6 is 34.9 Å². The number of fused-ring (bicyclic) bond motifs is 2. The van der Waals surface area contributed by atoms with E-state index in [1.165, 1.54) is 33.4 Å². The number of carboxylic acid groups (broad SMARTS) is 1. The number of carbonyl (C=O) groups is 3. The van der Waals surface area contributed by atoms with Crippen LogP contribution in [0.25, 0.3) is 5.78 Å². The highest BCUT2D eigenvalue weighted by Gasteiger charge is 2.54. The summed E-state index contributed by atoms with van der Waals surface area (Å²) in [6.45, 7) is 1.43. The minimum absolute atomic E-state index is 0.0526. The molecule has 5 rings (SSSR count). The second kappa shape index (κ2) is 10.2. The highest BCUT2D eigenvalue weighted by Crippen LogP contribution is 2.41. The molecule has 1 unspecified atom stereocenters. The number of hydrogen-bond acceptors (Lipinski definition) is 14. The SMILES string of the molecule is Cc1cc(SCC2=C(C(=O)O)N3C(=O)C(NC(=O)C(=NO)c4csc(N)n4)[C@@H]3SC2)n2nc(CO)nc2n1. The number of β-lactam (4-membered cyclic amide) rings is 1. The number of nitrogens with one attached hydrogen (secondary N) is 1. The molecule has 0 radical (unpaired) electrons. The van der Waals surface area contributed by atoms with Gasteiger partial charge in [0.05, 0.1) is 0 Å². The van der Waals surface area contributed by atoms with Crippen molar-refractivity contribution in [2.75, 3.05) is 17.2 Å². The third kappa shape index (κ3) is 4.55. The van der Waals surface area contributed by atoms with Gasteiger partial charge in [0.1, 0.15) is 34.4 Å². The molecule has 2 atom stereocenters. The Kier molecular flexibility index (Phi) is 6.95. The van der Waals surface area contributed by atoms with Gasteiger partial charge in [-0.25, -0.2) is 14.8 Å². The average Bonchev–Trinajstić information content (AvgIpc) is 3.51. The number of aliphatic hydroxyl groups is 1. The maximum absolute atomic E-state index is 13.0. The fourth-order valence-electron chi connectivity index (χ4n) is 3.94. The predicted molar refractivity (Wildman–Crippen MR) is 137 cm³/mol. The average molecular weight is 578 g/mol. The zero-order chi connectivity index (χ0) is 27.1. The second-order valence-electron chi connectivity index (χ2n) is 8.06. The van der Waals surface area contributed by atoms with Gasteiger partial charge >= 0.3 is 5.97 Å². The standard InChI is InChI=1S/C20H19N9O6S3/c1-7-2-11(29-20(22-7)24-10(3-30)26-29)36-4-8-5-37-17-13(16(32)28(17)14(8)18(33)34)25-15(31)12(27-35)9-6-38-19(21)23-9/h2,6,13,17,30,35H,3-5H2,1H3,(H2,21,23)(H,25,31)(H,33,34)/t13?,17-/m0/s1. The second-order valence-corrected chi connectivity index (χ2v) is 11.1. The lowest BCUT2D eigenvalue weighted by atomic mass is 10.0. The number of hydrogen-bond donors (Lipinski definition) is 5. The van der Waals surface area contributed by atoms with Gasteiger partial charge in [-0.05, 0) is 18.6 Å². The van der Waals surface area contributed by atoms with E-state index in [9.17, 15) is 29.8 Å². The maximum Gasteiger partial charge on any atom is 0.352 e. The van der Waals surface area contributed by atoms with E-state index in [2.05, 4.69) is 30.5 Å². The van der Waals surface area contributed by atoms with Crippen molar-refractivity contribution in [1.29, 1.82) is 0 Å². The van der Waals surface area contributed by atoms with Crippen molar-refractivity contribution in [1.82, 2.24) is 34.8 Å². The van der Waals surface area contributed by atoms with E-state index in [4.69, 9.17) is 5.73 Å². The lowest BCUT2D eigenvalue weighted by Gasteiger charge is -2.49. The van der Waals surface area contributed by atoms with Crippen molar-refractivity contribution in [2.24, 2.45) is 5.16 Å². The van der Waals surface area contributed by atoms with Gasteiger partial charge in [-0.1, -0.05) is 5.16 Å². The molecule has 1 fully saturated rings. The van der Waals surface area contributed by atoms with Crippen molar-refractivity contribution < 1.29 is 29.8 Å². The number of amides is 2. The Balaban J connectivity index is 1.34. The van der Waals surface area contributed by atoms with Gasteiger partial charge in [0.25, 0.3) is 17.6 Å². The number of thiazole rings is 1. The van der Waals surface area contributed by atoms with Gasteiger partial charge in [-0.3, -0.25) is 14.5 Å². The number of anilines is 1. The minimum atomic E-state index is -1.26. The van der Waals surface area contributed by atoms with E-state index in [1.54, 1.807) is 13.0 Å². The van der Waals surface area contributed by atoms with E-state index >= 15 is 0 Å². The van der Waals surface area contributed by atoms with Crippen molar-refractivity contribution in [2.45, 2.75) is 30.0 Å². The summed E-state index contributed by atoms with van der Waals surface area (Å²) in [6.07, 6.45) is 0. The molecule has 0 aliphatic carbocycles. The number of carboxylic acids is 1. The third-order valence-corrected chi connectivity index (χ3v) is 8.70. The largest absolute Gasteiger partial charge is 0.477 e. The van der Waals surface area contributed by atoms with E-state index in [0.717, 1.165) is 16.2 Å². The topological polar surface area (TPSA) is 222 Å². The number of thioether (sulfide) groups is 2. The quantitative estimate of drug-likeness (QED) is 0.0579. The van der Waals surface area contributed by atoms with Gasteiger partial charge in [0, 0.05) is 22.6 Å². The number of aliphatic hydroxyl groups excluding tert-OH is 1. The van der Waals surface area contributed by atoms with Crippen LogP contribution in [0.1, 0.15) is 17.2 Å². The van der Waals surface area contributed by atoms with Gasteiger partial charge < -0.3 is 26.5 Å². The van der Waals surface area contributed by atoms with Gasteiger partial charge in [0.2, 0.25) is 0 Å². The van der Waals surface area contributed by atoms with Gasteiger partial charge in [0.15, 0.2) is 16.7 Å². The summed E-state index contributed by atoms with van der Waals surface area (Å²) in [5, 5.41) is 39.9. The number of aromatic nitrogens is 5. The number of rotatable bonds is 8. The summed E-state index contributed by atoms with van der Waals surface area (Å²) in [5.74, 6) is -1.66. The first-order valence-corrected chi connectivity index (χ1v) is 13.7. The molecule has 3 aromatic rings. The van der Waals surface area contributed by atoms with Crippen LogP contribution in [0.15, 0.2) is 32.9 Å². The Labute approximate surface area is 225 Å². The summed E-state index contributed by atoms with van der Waals surface area (Å²) in [7, 11) is 0. The Morgan fingerprint density at radius 2 is 2.13 bits per heavy atom. The summed E-state index contributed by atoms with van der Waals surface area (Å²) < 4.78 is 1.47. The first kappa shape index (κ1) is 25.9. The number of nitrogens with zero attached hydrogens (tertiary/aromatic N) is 7. The zero-order valence-electron chi connectivity index (χ0n) is 19.4. The Bertz CT molecular complexity index is 1530. The normalized spacial score (nSPS) is 19.5. The summed E-state index contributed by atoms with van der Waals surface area (Å²) in [6, 6.07) is 0.752. The molecule has 0 saturated carbocycles. The van der Waals surface area contributed by atoms with Crippen LogP contribution in [0.2, 0.25) is 0 Å². The van der Waals surface area contributed by atoms with Crippen LogP contribution in [-0.2, 0) is 21.0 Å². The Hall–Kier alpha value is -3.74. The van der Waals surface area contributed by atoms with E-state index < -0.39 is 34.9 Å². The molecule has 5 heterocycles. The zero-order valence-corrected chi connectivity index (χ0v) is 21.9. The van der Waals surface area contributed by atoms with Crippen molar-refractivity contribution in [3.63, 3.8) is 0 Å². The monoisotopic (exact) mass is 577 g/mol. The van der Waals surface area contributed by atoms with Crippen LogP contribution in [-0.4, -0.2) is 91.3 Å². The minimum Gasteiger partial charge on any atom is -0.477 e. The van der Waals surface area contributed by atoms with Crippen LogP contribution < -0.4 is 11.1 Å². The Morgan fingerprint density at radius 1 is 1.34 bits per heavy atom. The maximum atomic E-state index is 13.0. The van der Waals surface area contributed by atoms with Gasteiger partial charge in [-0.2, -0.15) is 9.50 Å². The lowest BCUT2D eigenvalue weighted by molar-refractivity contribution is -0.150. The third-order valence-electron chi connectivity index (χ3n) is 5.60. The number of nitrogen functional groups attached to an aromatic ring is 1. The fraction of sp³-hybridized carbons (Fsp3) is 0.300. The van der Waals surface area contributed by atoms with E-state index in [0.29, 0.717) is 27.8 Å². The summed E-state index contributed by atoms with van der Waals surface area (Å²) >= 11 is 3.66. The lowest BCUT2D eigenvalue weighted by Crippen LogP contribution is -2.71. The Morgan fingerprint density at radius 3 is 2.79 bits per heavy atom. The predicted octanol–water partition coefficient (Wildman–Crippen LogP) is -0.327. The fourth-order valence-corrected chi connectivity index (χ4v) is 7.02. The highest BCUT2D eigenvalue weighted by atomic mass is 32.2. The molecular formula is C20H19N9O6S3. The molecule has 2 aliphatic rings. The van der Waals surface area contributed by atoms with Crippen LogP contribution in [0, 0.1) is 6.92 Å². The van der Waals surface area contributed by atoms with E-state index in [1.807, 2.05) is 0 Å². The van der Waals surface area contributed by atoms with Crippen molar-refractivity contribution in [3.8, 4) is 0 Å². The first-order chi connectivity index (χ1) is 18.2. The smallest absolute Gasteiger partial charge is 0.352 e. The van der Waals surface area contributed by atoms with E-state index in [-0.39, 0.29) is 34.7 Å². The molecule has 6 N–H and O–H groups in total. The molecule has 198 valence electrons. The van der Waals surface area contributed by atoms with Crippen LogP contribution in [0.5, 0.6) is 0 Å². The molecule has 0 aromatic carbocycles. The molecule has 3 aromatic heterocycles. The number of aliphatic carboxylic acids is 1. The molecule has 2 aliphatic heterocycles. The first-order valence-electron chi connectivity index (χ1n) is 10.8. The molecule has 38 heavy (non-hydrogen) atoms. The molecule has 15 nitrogen and oxygen atoms in total. The highest BCUT2D eigenvalue weighted by molar-refractivity contribution is 8.01. The van der Waals surface area contributed by atoms with Crippen LogP contribution in [0.4, 0.5) is 5.13 Å². The number of nitrogens with two attached hydrogens (primary N) is 1. The molecule has 0 bridgehead atoms. The van der Waals surface area contributed by atoms with Crippen molar-refractivity contribution >= 4 is 69.3 Å². The van der Waals surface area contributed by atoms with Crippen molar-refractivity contribution in [3.05, 3.63) is 39.9 Å². The molecule has 2 amide bonds. The molecule has 1 saturated heterocycles. The number of aryl methyl sites for hydroxylation is 1. The van der Waals surface area contributed by atoms with Crippen LogP contribution in [0.3, 0.4) is 0 Å². The molecule has 0 spiro atoms. The molecular weight excluding hydrogens is 558 g/mol. The summed E-state index contributed by atoms with van der Waals surface area (Å²) in [5.41, 5.74) is 6.26. The number of carbonyl (C=O) groups excluding carboxylic acids is 2. The number of oxime groups is 1.